The third kappa shape index (κ3) is 5.03. The van der Waals surface area contributed by atoms with Gasteiger partial charge in [-0.25, -0.2) is 5.43 Å². The molecule has 5 rings (SSSR count). The number of hydrogen-bond acceptors (Lipinski definition) is 4. The van der Waals surface area contributed by atoms with Crippen molar-refractivity contribution in [2.45, 2.75) is 38.1 Å². The van der Waals surface area contributed by atoms with Crippen molar-refractivity contribution in [2.24, 2.45) is 11.8 Å². The molecule has 3 aromatic carbocycles. The fourth-order valence-corrected chi connectivity index (χ4v) is 5.39. The van der Waals surface area contributed by atoms with E-state index in [9.17, 15) is 14.4 Å². The summed E-state index contributed by atoms with van der Waals surface area (Å²) in [5.41, 5.74) is 9.09. The number of hydrazine groups is 1. The lowest BCUT2D eigenvalue weighted by atomic mass is 9.72. The van der Waals surface area contributed by atoms with Crippen molar-refractivity contribution in [1.29, 1.82) is 0 Å². The number of hydrogen-bond donors (Lipinski definition) is 3. The van der Waals surface area contributed by atoms with Crippen molar-refractivity contribution in [2.75, 3.05) is 5.32 Å². The SMILES string of the molecule is O=C(Nc1cccc(CC2NNC(=O)C3CCCCC23)c1)c1ccccc1C(=O)c1ccccc1. The van der Waals surface area contributed by atoms with E-state index in [-0.39, 0.29) is 29.6 Å². The first-order chi connectivity index (χ1) is 17.1. The fraction of sp³-hybridized carbons (Fsp3) is 0.276. The molecule has 6 nitrogen and oxygen atoms in total. The first-order valence-corrected chi connectivity index (χ1v) is 12.2. The molecule has 2 aliphatic rings. The molecule has 0 aromatic heterocycles. The lowest BCUT2D eigenvalue weighted by Gasteiger charge is -2.41. The average Bonchev–Trinajstić information content (AvgIpc) is 2.91. The van der Waals surface area contributed by atoms with E-state index in [1.807, 2.05) is 42.5 Å². The van der Waals surface area contributed by atoms with Crippen molar-refractivity contribution in [3.63, 3.8) is 0 Å². The van der Waals surface area contributed by atoms with E-state index in [1.165, 1.54) is 0 Å². The molecule has 1 heterocycles. The molecule has 3 atom stereocenters. The molecule has 2 fully saturated rings. The van der Waals surface area contributed by atoms with Gasteiger partial charge in [0.05, 0.1) is 5.56 Å². The summed E-state index contributed by atoms with van der Waals surface area (Å²) in [4.78, 5) is 38.5. The third-order valence-electron chi connectivity index (χ3n) is 7.15. The highest BCUT2D eigenvalue weighted by Crippen LogP contribution is 2.35. The second kappa shape index (κ2) is 10.2. The maximum atomic E-state index is 13.2. The summed E-state index contributed by atoms with van der Waals surface area (Å²) >= 11 is 0. The molecule has 1 aliphatic carbocycles. The van der Waals surface area contributed by atoms with Crippen LogP contribution in [0.3, 0.4) is 0 Å². The summed E-state index contributed by atoms with van der Waals surface area (Å²) in [7, 11) is 0. The van der Waals surface area contributed by atoms with Crippen LogP contribution in [0, 0.1) is 11.8 Å². The summed E-state index contributed by atoms with van der Waals surface area (Å²) in [6.45, 7) is 0. The Bertz CT molecular complexity index is 1240. The molecule has 3 N–H and O–H groups in total. The maximum absolute atomic E-state index is 13.2. The summed E-state index contributed by atoms with van der Waals surface area (Å²) in [5, 5.41) is 2.96. The number of fused-ring (bicyclic) bond motifs is 1. The summed E-state index contributed by atoms with van der Waals surface area (Å²) in [6.07, 6.45) is 5.03. The van der Waals surface area contributed by atoms with Gasteiger partial charge < -0.3 is 5.32 Å². The van der Waals surface area contributed by atoms with E-state index in [0.29, 0.717) is 28.3 Å². The third-order valence-corrected chi connectivity index (χ3v) is 7.15. The molecule has 1 saturated carbocycles. The average molecular weight is 468 g/mol. The second-order valence-electron chi connectivity index (χ2n) is 9.39. The number of ketones is 1. The van der Waals surface area contributed by atoms with Crippen molar-refractivity contribution in [3.05, 3.63) is 101 Å². The highest BCUT2D eigenvalue weighted by atomic mass is 16.2. The minimum atomic E-state index is -0.322. The van der Waals surface area contributed by atoms with Crippen molar-refractivity contribution < 1.29 is 14.4 Å². The standard InChI is InChI=1S/C29H29N3O3/c33-27(20-10-2-1-3-11-20)23-14-5-7-16-25(23)28(34)30-21-12-8-9-19(17-21)18-26-22-13-4-6-15-24(22)29(35)32-31-26/h1-3,5,7-12,14,16-17,22,24,26,31H,4,6,13,15,18H2,(H,30,34)(H,32,35). The molecular weight excluding hydrogens is 438 g/mol. The zero-order valence-electron chi connectivity index (χ0n) is 19.5. The molecule has 2 amide bonds. The van der Waals surface area contributed by atoms with Gasteiger partial charge in [-0.1, -0.05) is 73.5 Å². The molecule has 0 radical (unpaired) electrons. The van der Waals surface area contributed by atoms with Crippen LogP contribution < -0.4 is 16.2 Å². The lowest BCUT2D eigenvalue weighted by Crippen LogP contribution is -2.60. The van der Waals surface area contributed by atoms with E-state index >= 15 is 0 Å². The van der Waals surface area contributed by atoms with E-state index in [4.69, 9.17) is 0 Å². The largest absolute Gasteiger partial charge is 0.322 e. The first kappa shape index (κ1) is 23.0. The molecule has 0 spiro atoms. The summed E-state index contributed by atoms with van der Waals surface area (Å²) < 4.78 is 0. The van der Waals surface area contributed by atoms with E-state index in [0.717, 1.165) is 37.7 Å². The lowest BCUT2D eigenvalue weighted by molar-refractivity contribution is -0.133. The van der Waals surface area contributed by atoms with Gasteiger partial charge >= 0.3 is 0 Å². The van der Waals surface area contributed by atoms with Crippen LogP contribution in [0.1, 0.15) is 57.5 Å². The Morgan fingerprint density at radius 3 is 2.43 bits per heavy atom. The molecule has 1 aliphatic heterocycles. The molecule has 35 heavy (non-hydrogen) atoms. The number of anilines is 1. The summed E-state index contributed by atoms with van der Waals surface area (Å²) in [5.74, 6) is 0.00817. The normalized spacial score (nSPS) is 21.5. The van der Waals surface area contributed by atoms with Gasteiger partial charge in [0.25, 0.3) is 5.91 Å². The van der Waals surface area contributed by atoms with Gasteiger partial charge in [0.15, 0.2) is 5.78 Å². The van der Waals surface area contributed by atoms with Crippen LogP contribution in [0.4, 0.5) is 5.69 Å². The maximum Gasteiger partial charge on any atom is 0.256 e. The van der Waals surface area contributed by atoms with Crippen LogP contribution in [0.15, 0.2) is 78.9 Å². The minimum absolute atomic E-state index is 0.0801. The molecule has 3 aromatic rings. The van der Waals surface area contributed by atoms with Gasteiger partial charge in [0.1, 0.15) is 0 Å². The number of nitrogens with one attached hydrogen (secondary N) is 3. The first-order valence-electron chi connectivity index (χ1n) is 12.2. The Balaban J connectivity index is 1.31. The fourth-order valence-electron chi connectivity index (χ4n) is 5.39. The zero-order valence-corrected chi connectivity index (χ0v) is 19.5. The molecule has 1 saturated heterocycles. The Hall–Kier alpha value is -3.77. The highest BCUT2D eigenvalue weighted by Gasteiger charge is 2.39. The number of rotatable bonds is 6. The minimum Gasteiger partial charge on any atom is -0.322 e. The predicted molar refractivity (Wildman–Crippen MR) is 135 cm³/mol. The Morgan fingerprint density at radius 2 is 1.60 bits per heavy atom. The van der Waals surface area contributed by atoms with Gasteiger partial charge in [-0.2, -0.15) is 0 Å². The molecular formula is C29H29N3O3. The Labute approximate surface area is 205 Å². The van der Waals surface area contributed by atoms with Gasteiger partial charge in [-0.15, -0.1) is 0 Å². The van der Waals surface area contributed by atoms with Crippen molar-refractivity contribution in [3.8, 4) is 0 Å². The van der Waals surface area contributed by atoms with Crippen LogP contribution in [-0.4, -0.2) is 23.6 Å². The number of carbonyl (C=O) groups is 3. The van der Waals surface area contributed by atoms with Crippen LogP contribution in [-0.2, 0) is 11.2 Å². The van der Waals surface area contributed by atoms with Gasteiger partial charge in [0.2, 0.25) is 5.91 Å². The molecule has 3 unspecified atom stereocenters. The van der Waals surface area contributed by atoms with Gasteiger partial charge in [-0.3, -0.25) is 19.8 Å². The number of benzene rings is 3. The Morgan fingerprint density at radius 1 is 0.857 bits per heavy atom. The second-order valence-corrected chi connectivity index (χ2v) is 9.39. The van der Waals surface area contributed by atoms with E-state index in [1.54, 1.807) is 36.4 Å². The van der Waals surface area contributed by atoms with Crippen LogP contribution in [0.25, 0.3) is 0 Å². The van der Waals surface area contributed by atoms with Crippen LogP contribution in [0.5, 0.6) is 0 Å². The molecule has 0 bridgehead atoms. The van der Waals surface area contributed by atoms with Gasteiger partial charge in [-0.05, 0) is 48.9 Å². The topological polar surface area (TPSA) is 87.3 Å². The number of carbonyl (C=O) groups excluding carboxylic acids is 3. The van der Waals surface area contributed by atoms with Gasteiger partial charge in [0, 0.05) is 28.8 Å². The van der Waals surface area contributed by atoms with Crippen molar-refractivity contribution in [1.82, 2.24) is 10.9 Å². The molecule has 178 valence electrons. The smallest absolute Gasteiger partial charge is 0.256 e. The molecule has 6 heteroatoms. The van der Waals surface area contributed by atoms with Crippen LogP contribution in [0.2, 0.25) is 0 Å². The number of amides is 2. The highest BCUT2D eigenvalue weighted by molar-refractivity contribution is 6.17. The van der Waals surface area contributed by atoms with Crippen molar-refractivity contribution >= 4 is 23.3 Å². The Kier molecular flexibility index (Phi) is 6.73. The quantitative estimate of drug-likeness (QED) is 0.465. The van der Waals surface area contributed by atoms with Crippen LogP contribution >= 0.6 is 0 Å². The monoisotopic (exact) mass is 467 g/mol. The summed E-state index contributed by atoms with van der Waals surface area (Å²) in [6, 6.07) is 23.8. The van der Waals surface area contributed by atoms with E-state index < -0.39 is 0 Å². The zero-order chi connectivity index (χ0) is 24.2. The van der Waals surface area contributed by atoms with E-state index in [2.05, 4.69) is 16.2 Å². The predicted octanol–water partition coefficient (Wildman–Crippen LogP) is 4.52.